The van der Waals surface area contributed by atoms with Crippen LogP contribution in [0.3, 0.4) is 0 Å². The summed E-state index contributed by atoms with van der Waals surface area (Å²) >= 11 is 6.86. The van der Waals surface area contributed by atoms with Gasteiger partial charge in [-0.2, -0.15) is 0 Å². The third kappa shape index (κ3) is 7.50. The molecule has 23 heavy (non-hydrogen) atoms. The smallest absolute Gasteiger partial charge is 0.321 e. The number of unbranched alkanes of at least 4 members (excludes halogenated alkanes) is 2. The Bertz CT molecular complexity index is 432. The van der Waals surface area contributed by atoms with Crippen molar-refractivity contribution in [2.24, 2.45) is 5.92 Å². The number of hydrogen-bond acceptors (Lipinski definition) is 5. The van der Waals surface area contributed by atoms with Crippen LogP contribution >= 0.6 is 24.0 Å². The van der Waals surface area contributed by atoms with Crippen molar-refractivity contribution in [1.29, 1.82) is 0 Å². The van der Waals surface area contributed by atoms with E-state index < -0.39 is 18.0 Å². The summed E-state index contributed by atoms with van der Waals surface area (Å²) in [5, 5.41) is 18.1. The highest BCUT2D eigenvalue weighted by Crippen LogP contribution is 2.24. The van der Waals surface area contributed by atoms with E-state index in [1.165, 1.54) is 11.8 Å². The van der Waals surface area contributed by atoms with Crippen molar-refractivity contribution in [2.45, 2.75) is 52.0 Å². The number of hydrogen-bond donors (Lipinski definition) is 2. The van der Waals surface area contributed by atoms with E-state index in [4.69, 9.17) is 17.3 Å². The van der Waals surface area contributed by atoms with Crippen LogP contribution in [0.15, 0.2) is 0 Å². The van der Waals surface area contributed by atoms with Gasteiger partial charge < -0.3 is 15.1 Å². The predicted molar refractivity (Wildman–Crippen MR) is 95.5 cm³/mol. The van der Waals surface area contributed by atoms with Crippen molar-refractivity contribution in [3.8, 4) is 0 Å². The SMILES string of the molecule is CC(C)CC(C(=O)O)N1CSC(=S)N(CCCCCC(=O)O)C1. The molecule has 6 nitrogen and oxygen atoms in total. The first-order chi connectivity index (χ1) is 10.8. The van der Waals surface area contributed by atoms with Crippen LogP contribution in [-0.4, -0.2) is 61.4 Å². The fourth-order valence-electron chi connectivity index (χ4n) is 2.51. The number of carboxylic acids is 2. The lowest BCUT2D eigenvalue weighted by Gasteiger charge is -2.39. The lowest BCUT2D eigenvalue weighted by molar-refractivity contribution is -0.144. The highest BCUT2D eigenvalue weighted by molar-refractivity contribution is 8.22. The molecule has 0 spiro atoms. The molecule has 1 rings (SSSR count). The maximum atomic E-state index is 11.5. The Hall–Kier alpha value is -0.860. The second kappa shape index (κ2) is 10.1. The summed E-state index contributed by atoms with van der Waals surface area (Å²) in [6, 6.07) is -0.486. The molecule has 0 aromatic heterocycles. The monoisotopic (exact) mass is 362 g/mol. The van der Waals surface area contributed by atoms with E-state index in [9.17, 15) is 14.7 Å². The third-order valence-corrected chi connectivity index (χ3v) is 5.28. The summed E-state index contributed by atoms with van der Waals surface area (Å²) in [5.74, 6) is -0.621. The third-order valence-electron chi connectivity index (χ3n) is 3.70. The maximum Gasteiger partial charge on any atom is 0.321 e. The zero-order valence-corrected chi connectivity index (χ0v) is 15.4. The molecule has 1 saturated heterocycles. The molecule has 0 saturated carbocycles. The average Bonchev–Trinajstić information content (AvgIpc) is 2.45. The molecule has 1 heterocycles. The van der Waals surface area contributed by atoms with Gasteiger partial charge in [0.2, 0.25) is 0 Å². The predicted octanol–water partition coefficient (Wildman–Crippen LogP) is 2.68. The molecule has 0 aromatic rings. The fourth-order valence-corrected chi connectivity index (χ4v) is 3.68. The number of thioether (sulfide) groups is 1. The highest BCUT2D eigenvalue weighted by atomic mass is 32.2. The molecule has 8 heteroatoms. The van der Waals surface area contributed by atoms with Gasteiger partial charge in [-0.15, -0.1) is 0 Å². The Kier molecular flexibility index (Phi) is 8.86. The summed E-state index contributed by atoms with van der Waals surface area (Å²) < 4.78 is 0.799. The molecule has 1 aliphatic rings. The van der Waals surface area contributed by atoms with Gasteiger partial charge in [0, 0.05) is 13.0 Å². The minimum absolute atomic E-state index is 0.195. The molecule has 0 amide bonds. The maximum absolute atomic E-state index is 11.5. The lowest BCUT2D eigenvalue weighted by Crippen LogP contribution is -2.52. The molecule has 0 bridgehead atoms. The van der Waals surface area contributed by atoms with Gasteiger partial charge in [-0.1, -0.05) is 44.2 Å². The van der Waals surface area contributed by atoms with Crippen LogP contribution in [0.25, 0.3) is 0 Å². The number of thiocarbonyl (C=S) groups is 1. The van der Waals surface area contributed by atoms with E-state index in [0.29, 0.717) is 31.3 Å². The second-order valence-electron chi connectivity index (χ2n) is 6.22. The average molecular weight is 363 g/mol. The van der Waals surface area contributed by atoms with E-state index in [-0.39, 0.29) is 6.42 Å². The molecule has 0 aromatic carbocycles. The van der Waals surface area contributed by atoms with Crippen molar-refractivity contribution >= 4 is 40.2 Å². The van der Waals surface area contributed by atoms with Gasteiger partial charge in [-0.05, 0) is 25.2 Å². The first-order valence-electron chi connectivity index (χ1n) is 7.91. The largest absolute Gasteiger partial charge is 0.481 e. The molecule has 132 valence electrons. The molecule has 0 aliphatic carbocycles. The zero-order valence-electron chi connectivity index (χ0n) is 13.7. The van der Waals surface area contributed by atoms with Crippen molar-refractivity contribution in [3.63, 3.8) is 0 Å². The minimum atomic E-state index is -0.784. The second-order valence-corrected chi connectivity index (χ2v) is 7.80. The normalized spacial score (nSPS) is 17.5. The van der Waals surface area contributed by atoms with Crippen LogP contribution in [0.5, 0.6) is 0 Å². The summed E-state index contributed by atoms with van der Waals surface area (Å²) in [7, 11) is 0. The van der Waals surface area contributed by atoms with E-state index in [0.717, 1.165) is 23.7 Å². The van der Waals surface area contributed by atoms with Crippen LogP contribution in [0, 0.1) is 5.92 Å². The van der Waals surface area contributed by atoms with Crippen LogP contribution in [-0.2, 0) is 9.59 Å². The number of nitrogens with zero attached hydrogens (tertiary/aromatic N) is 2. The zero-order chi connectivity index (χ0) is 17.4. The summed E-state index contributed by atoms with van der Waals surface area (Å²) in [6.45, 7) is 5.33. The molecule has 1 unspecified atom stereocenters. The Labute approximate surface area is 147 Å². The number of carboxylic acid groups (broad SMARTS) is 2. The number of rotatable bonds is 10. The molecular weight excluding hydrogens is 336 g/mol. The summed E-state index contributed by atoms with van der Waals surface area (Å²) in [6.07, 6.45) is 3.18. The van der Waals surface area contributed by atoms with Gasteiger partial charge >= 0.3 is 11.9 Å². The lowest BCUT2D eigenvalue weighted by atomic mass is 10.0. The standard InChI is InChI=1S/C15H26N2O4S2/c1-11(2)8-12(14(20)21)17-9-16(15(22)23-10-17)7-5-3-4-6-13(18)19/h11-12H,3-10H2,1-2H3,(H,18,19)(H,20,21). The van der Waals surface area contributed by atoms with Gasteiger partial charge in [-0.3, -0.25) is 14.5 Å². The Morgan fingerprint density at radius 2 is 1.96 bits per heavy atom. The Balaban J connectivity index is 2.48. The van der Waals surface area contributed by atoms with Crippen molar-refractivity contribution in [1.82, 2.24) is 9.80 Å². The van der Waals surface area contributed by atoms with Gasteiger partial charge in [0.1, 0.15) is 10.4 Å². The molecule has 1 atom stereocenters. The van der Waals surface area contributed by atoms with E-state index in [1.807, 2.05) is 23.6 Å². The molecule has 2 N–H and O–H groups in total. The van der Waals surface area contributed by atoms with Gasteiger partial charge in [0.05, 0.1) is 12.5 Å². The minimum Gasteiger partial charge on any atom is -0.481 e. The fraction of sp³-hybridized carbons (Fsp3) is 0.800. The van der Waals surface area contributed by atoms with Crippen molar-refractivity contribution < 1.29 is 19.8 Å². The number of aliphatic carboxylic acids is 2. The van der Waals surface area contributed by atoms with Gasteiger partial charge in [-0.25, -0.2) is 0 Å². The van der Waals surface area contributed by atoms with E-state index >= 15 is 0 Å². The highest BCUT2D eigenvalue weighted by Gasteiger charge is 2.31. The van der Waals surface area contributed by atoms with Crippen molar-refractivity contribution in [3.05, 3.63) is 0 Å². The van der Waals surface area contributed by atoms with Gasteiger partial charge in [0.15, 0.2) is 0 Å². The van der Waals surface area contributed by atoms with Crippen LogP contribution in [0.4, 0.5) is 0 Å². The molecule has 1 aliphatic heterocycles. The Morgan fingerprint density at radius 3 is 2.52 bits per heavy atom. The molecule has 1 fully saturated rings. The van der Waals surface area contributed by atoms with Crippen LogP contribution in [0.1, 0.15) is 46.0 Å². The van der Waals surface area contributed by atoms with E-state index in [2.05, 4.69) is 0 Å². The molecule has 0 radical (unpaired) electrons. The van der Waals surface area contributed by atoms with Crippen molar-refractivity contribution in [2.75, 3.05) is 19.1 Å². The Morgan fingerprint density at radius 1 is 1.26 bits per heavy atom. The topological polar surface area (TPSA) is 81.1 Å². The van der Waals surface area contributed by atoms with Crippen LogP contribution in [0.2, 0.25) is 0 Å². The van der Waals surface area contributed by atoms with Gasteiger partial charge in [0.25, 0.3) is 0 Å². The quantitative estimate of drug-likeness (QED) is 0.453. The number of carbonyl (C=O) groups is 2. The summed E-state index contributed by atoms with van der Waals surface area (Å²) in [4.78, 5) is 26.0. The van der Waals surface area contributed by atoms with Crippen LogP contribution < -0.4 is 0 Å². The summed E-state index contributed by atoms with van der Waals surface area (Å²) in [5.41, 5.74) is 0. The van der Waals surface area contributed by atoms with E-state index in [1.54, 1.807) is 0 Å². The first-order valence-corrected chi connectivity index (χ1v) is 9.31. The first kappa shape index (κ1) is 20.2. The molecular formula is C15H26N2O4S2.